The molecule has 1 aliphatic heterocycles. The predicted octanol–water partition coefficient (Wildman–Crippen LogP) is 3.34. The predicted molar refractivity (Wildman–Crippen MR) is 225 cm³/mol. The summed E-state index contributed by atoms with van der Waals surface area (Å²) in [5.41, 5.74) is 15.6. The number of aliphatic imine (C=N–C) groups is 1. The average Bonchev–Trinajstić information content (AvgIpc) is 3.50. The average molecular weight is 824 g/mol. The quantitative estimate of drug-likeness (QED) is 0.164. The van der Waals surface area contributed by atoms with Crippen LogP contribution in [0, 0.1) is 6.92 Å². The van der Waals surface area contributed by atoms with E-state index in [0.29, 0.717) is 34.9 Å². The van der Waals surface area contributed by atoms with Crippen molar-refractivity contribution < 1.29 is 22.8 Å². The minimum atomic E-state index is -3.58. The first kappa shape index (κ1) is 44.1. The molecule has 4 rings (SSSR count). The second-order valence-corrected chi connectivity index (χ2v) is 16.6. The Morgan fingerprint density at radius 1 is 1.12 bits per heavy atom. The van der Waals surface area contributed by atoms with Crippen molar-refractivity contribution in [3.63, 3.8) is 0 Å². The van der Waals surface area contributed by atoms with E-state index in [1.165, 1.54) is 48.3 Å². The molecule has 17 heteroatoms. The van der Waals surface area contributed by atoms with Gasteiger partial charge in [0.2, 0.25) is 17.7 Å². The second-order valence-electron chi connectivity index (χ2n) is 13.2. The molecule has 3 heterocycles. The topological polar surface area (TPSA) is 218 Å². The zero-order valence-corrected chi connectivity index (χ0v) is 34.4. The number of nitrogens with two attached hydrogens (primary N) is 2. The summed E-state index contributed by atoms with van der Waals surface area (Å²) in [7, 11) is -2.08. The number of aromatic nitrogens is 2. The van der Waals surface area contributed by atoms with E-state index in [-0.39, 0.29) is 36.0 Å². The normalized spacial score (nSPS) is 21.5. The van der Waals surface area contributed by atoms with Gasteiger partial charge in [0.25, 0.3) is 0 Å². The van der Waals surface area contributed by atoms with Crippen LogP contribution in [0.25, 0.3) is 10.9 Å². The fourth-order valence-corrected chi connectivity index (χ4v) is 8.08. The molecule has 3 amide bonds. The Labute approximate surface area is 337 Å². The van der Waals surface area contributed by atoms with Crippen LogP contribution < -0.4 is 27.4 Å². The van der Waals surface area contributed by atoms with Gasteiger partial charge >= 0.3 is 0 Å². The molecular formula is C39H50ClN9O5S2. The number of hydrogen-bond donors (Lipinski definition) is 6. The Morgan fingerprint density at radius 3 is 2.55 bits per heavy atom. The molecule has 0 saturated carbocycles. The van der Waals surface area contributed by atoms with Gasteiger partial charge < -0.3 is 37.3 Å². The number of carbonyl (C=O) groups is 3. The van der Waals surface area contributed by atoms with E-state index < -0.39 is 45.7 Å². The smallest absolute Gasteiger partial charge is 0.246 e. The molecule has 14 nitrogen and oxygen atoms in total. The number of aromatic amines is 1. The van der Waals surface area contributed by atoms with E-state index in [1.54, 1.807) is 19.2 Å². The molecule has 0 fully saturated rings. The van der Waals surface area contributed by atoms with E-state index in [4.69, 9.17) is 23.1 Å². The summed E-state index contributed by atoms with van der Waals surface area (Å²) in [6.45, 7) is 7.54. The van der Waals surface area contributed by atoms with Crippen molar-refractivity contribution in [3.05, 3.63) is 105 Å². The number of nitrogens with zero attached hydrogens (tertiary/aromatic N) is 3. The Kier molecular flexibility index (Phi) is 16.2. The third kappa shape index (κ3) is 11.3. The number of H-pyrrole nitrogens is 1. The molecule has 8 N–H and O–H groups in total. The number of halogens is 1. The summed E-state index contributed by atoms with van der Waals surface area (Å²) in [6, 6.07) is 8.31. The lowest BCUT2D eigenvalue weighted by Crippen LogP contribution is -2.59. The highest BCUT2D eigenvalue weighted by Crippen LogP contribution is 2.37. The first-order valence-electron chi connectivity index (χ1n) is 18.0. The maximum Gasteiger partial charge on any atom is 0.246 e. The zero-order chi connectivity index (χ0) is 41.0. The van der Waals surface area contributed by atoms with Crippen LogP contribution in [0.3, 0.4) is 0 Å². The van der Waals surface area contributed by atoms with Crippen molar-refractivity contribution in [3.8, 4) is 0 Å². The van der Waals surface area contributed by atoms with Crippen LogP contribution in [-0.2, 0) is 37.2 Å². The van der Waals surface area contributed by atoms with Crippen molar-refractivity contribution in [1.29, 1.82) is 0 Å². The van der Waals surface area contributed by atoms with Gasteiger partial charge in [-0.15, -0.1) is 0 Å². The lowest BCUT2D eigenvalue weighted by molar-refractivity contribution is -0.141. The van der Waals surface area contributed by atoms with E-state index >= 15 is 0 Å². The van der Waals surface area contributed by atoms with E-state index in [0.717, 1.165) is 34.0 Å². The number of thioether (sulfide) groups is 1. The van der Waals surface area contributed by atoms with Gasteiger partial charge in [-0.3, -0.25) is 19.4 Å². The maximum absolute atomic E-state index is 14.5. The summed E-state index contributed by atoms with van der Waals surface area (Å²) in [5, 5.41) is 10.7. The highest BCUT2D eigenvalue weighted by molar-refractivity contribution is 8.03. The van der Waals surface area contributed by atoms with Crippen LogP contribution >= 0.6 is 23.4 Å². The Balaban J connectivity index is 1.90. The number of aryl methyl sites for hydroxylation is 1. The maximum atomic E-state index is 14.5. The van der Waals surface area contributed by atoms with Crippen LogP contribution in [0.4, 0.5) is 0 Å². The van der Waals surface area contributed by atoms with Gasteiger partial charge in [0, 0.05) is 85.0 Å². The van der Waals surface area contributed by atoms with Gasteiger partial charge in [-0.2, -0.15) is 0 Å². The van der Waals surface area contributed by atoms with Crippen molar-refractivity contribution in [2.45, 2.75) is 62.8 Å². The molecular weight excluding hydrogens is 774 g/mol. The number of nitrogens with one attached hydrogen (secondary N) is 4. The first-order valence-corrected chi connectivity index (χ1v) is 21.1. The molecule has 0 spiro atoms. The third-order valence-electron chi connectivity index (χ3n) is 9.28. The fourth-order valence-electron chi connectivity index (χ4n) is 6.15. The molecule has 56 heavy (non-hydrogen) atoms. The van der Waals surface area contributed by atoms with Crippen LogP contribution in [-0.4, -0.2) is 98.3 Å². The summed E-state index contributed by atoms with van der Waals surface area (Å²) < 4.78 is 24.7. The molecule has 1 aliphatic rings. The Morgan fingerprint density at radius 2 is 1.88 bits per heavy atom. The van der Waals surface area contributed by atoms with E-state index in [1.807, 2.05) is 37.3 Å². The van der Waals surface area contributed by atoms with Gasteiger partial charge in [0.1, 0.15) is 17.1 Å². The number of likely N-dealkylation sites (N-methyl/N-ethyl adjacent to an activating group) is 1. The lowest BCUT2D eigenvalue weighted by Gasteiger charge is -2.31. The number of allylic oxidation sites excluding steroid dienone is 4. The van der Waals surface area contributed by atoms with E-state index in [9.17, 15) is 22.8 Å². The summed E-state index contributed by atoms with van der Waals surface area (Å²) in [6.07, 6.45) is 9.20. The summed E-state index contributed by atoms with van der Waals surface area (Å²) in [5.74, 6) is -1.52. The summed E-state index contributed by atoms with van der Waals surface area (Å²) >= 11 is 8.02. The number of para-hydroxylation sites is 1. The third-order valence-corrected chi connectivity index (χ3v) is 12.2. The minimum absolute atomic E-state index is 0.00940. The monoisotopic (exact) mass is 823 g/mol. The number of amides is 3. The number of sulfone groups is 1. The van der Waals surface area contributed by atoms with Gasteiger partial charge in [-0.05, 0) is 62.6 Å². The van der Waals surface area contributed by atoms with E-state index in [2.05, 4.69) is 37.5 Å². The number of benzene rings is 1. The van der Waals surface area contributed by atoms with Crippen LogP contribution in [0.5, 0.6) is 0 Å². The first-order chi connectivity index (χ1) is 26.7. The van der Waals surface area contributed by atoms with Crippen LogP contribution in [0.2, 0.25) is 0 Å². The SMILES string of the molecule is C=C/C(Cl)=C1/Sc2ncccc2CN[C@@H](CCCN)C(=O)N[C@@H](CN)C(=O)N(C)[C@@H](Cc2c(C)[nH]c3ccccc23)C(=O)NC/C1=C/N=C\C(=C/C)S(C)(=O)=O. The largest absolute Gasteiger partial charge is 0.358 e. The molecule has 300 valence electrons. The molecule has 0 bridgehead atoms. The Hall–Kier alpha value is -4.58. The standard InChI is InChI=1S/C39H50ClN9O5S2/c1-6-27(56(5,53)54)23-43-20-26-22-46-37(51)34(18-29-24(3)47-31-14-9-8-13-28(29)31)49(4)39(52)33(19-42)48-36(50)32(15-10-16-41)45-21-25-12-11-17-44-38(25)55-35(26)30(40)7-2/h6-9,11-14,17,20,23,32-34,45,47H,2,10,15-16,18-19,21-22,41-42H2,1,3-5H3,(H,46,51)(H,48,50)/b26-20-,27-6+,35-30-,43-23-/t32-,33-,34-/m0/s1. The number of carbonyl (C=O) groups excluding carboxylic acids is 3. The van der Waals surface area contributed by atoms with Crippen LogP contribution in [0.1, 0.15) is 36.6 Å². The minimum Gasteiger partial charge on any atom is -0.358 e. The van der Waals surface area contributed by atoms with Gasteiger partial charge in [-0.25, -0.2) is 13.4 Å². The molecule has 0 aliphatic carbocycles. The van der Waals surface area contributed by atoms with Crippen LogP contribution in [0.15, 0.2) is 98.0 Å². The van der Waals surface area contributed by atoms with Crippen molar-refractivity contribution >= 4 is 68.0 Å². The molecule has 3 aromatic rings. The number of fused-ring (bicyclic) bond motifs is 2. The lowest BCUT2D eigenvalue weighted by atomic mass is 10.00. The molecule has 0 radical (unpaired) electrons. The van der Waals surface area contributed by atoms with Gasteiger partial charge in [0.05, 0.1) is 16.0 Å². The molecule has 0 unspecified atom stereocenters. The number of pyridine rings is 1. The van der Waals surface area contributed by atoms with Crippen molar-refractivity contribution in [2.24, 2.45) is 16.5 Å². The van der Waals surface area contributed by atoms with Gasteiger partial charge in [-0.1, -0.05) is 60.3 Å². The molecule has 3 atom stereocenters. The highest BCUT2D eigenvalue weighted by atomic mass is 35.5. The molecule has 1 aromatic carbocycles. The highest BCUT2D eigenvalue weighted by Gasteiger charge is 2.34. The zero-order valence-electron chi connectivity index (χ0n) is 32.0. The fraction of sp³-hybridized carbons (Fsp3) is 0.359. The molecule has 2 aromatic heterocycles. The van der Waals surface area contributed by atoms with Crippen molar-refractivity contribution in [1.82, 2.24) is 30.8 Å². The number of hydrogen-bond acceptors (Lipinski definition) is 11. The Bertz CT molecular complexity index is 2160. The number of rotatable bonds is 10. The second kappa shape index (κ2) is 20.5. The van der Waals surface area contributed by atoms with Gasteiger partial charge in [0.15, 0.2) is 9.84 Å². The van der Waals surface area contributed by atoms with Crippen molar-refractivity contribution in [2.75, 3.05) is 32.9 Å². The summed E-state index contributed by atoms with van der Waals surface area (Å²) in [4.78, 5) is 56.5. The molecule has 0 saturated heterocycles.